The van der Waals surface area contributed by atoms with Crippen LogP contribution < -0.4 is 16.4 Å². The molecular formula is C19H29N3O10. The number of nitrogens with one attached hydrogen (secondary N) is 2. The summed E-state index contributed by atoms with van der Waals surface area (Å²) in [4.78, 5) is 69.7. The van der Waals surface area contributed by atoms with Gasteiger partial charge in [0, 0.05) is 40.5 Å². The normalized spacial score (nSPS) is 24.6. The molecule has 0 aromatic heterocycles. The van der Waals surface area contributed by atoms with Gasteiger partial charge in [0.25, 0.3) is 0 Å². The molecule has 0 aliphatic carbocycles. The molecule has 0 bridgehead atoms. The van der Waals surface area contributed by atoms with E-state index in [0.717, 1.165) is 20.8 Å². The minimum absolute atomic E-state index is 0.00621. The van der Waals surface area contributed by atoms with E-state index >= 15 is 0 Å². The van der Waals surface area contributed by atoms with Gasteiger partial charge in [-0.1, -0.05) is 0 Å². The standard InChI is InChI=1S/C19H29N3O10/c1-9(23)21-16-18(31-12(4)26)17(30-11(3)25)13(8-29-10(2)24)32-19(16)22-15(28)7-5-6-14(20)27/h13,16-19H,5-8H2,1-4H3,(H2,20,27)(H,21,23)(H,22,28). The number of esters is 3. The molecule has 13 nitrogen and oxygen atoms in total. The van der Waals surface area contributed by atoms with Gasteiger partial charge in [-0.05, 0) is 6.42 Å². The first-order valence-electron chi connectivity index (χ1n) is 9.88. The van der Waals surface area contributed by atoms with E-state index in [0.29, 0.717) is 0 Å². The van der Waals surface area contributed by atoms with Crippen molar-refractivity contribution in [2.24, 2.45) is 5.73 Å². The number of nitrogens with two attached hydrogens (primary N) is 1. The van der Waals surface area contributed by atoms with E-state index in [2.05, 4.69) is 10.6 Å². The zero-order chi connectivity index (χ0) is 24.4. The first-order chi connectivity index (χ1) is 14.9. The molecule has 1 aliphatic rings. The van der Waals surface area contributed by atoms with Crippen molar-refractivity contribution in [2.75, 3.05) is 6.61 Å². The molecule has 180 valence electrons. The molecule has 4 N–H and O–H groups in total. The summed E-state index contributed by atoms with van der Waals surface area (Å²) in [5, 5.41) is 5.07. The van der Waals surface area contributed by atoms with Crippen molar-refractivity contribution in [3.05, 3.63) is 0 Å². The number of primary amides is 1. The van der Waals surface area contributed by atoms with Gasteiger partial charge in [0.2, 0.25) is 17.7 Å². The fraction of sp³-hybridized carbons (Fsp3) is 0.684. The van der Waals surface area contributed by atoms with E-state index in [1.165, 1.54) is 6.92 Å². The highest BCUT2D eigenvalue weighted by atomic mass is 16.6. The lowest BCUT2D eigenvalue weighted by atomic mass is 9.95. The van der Waals surface area contributed by atoms with Crippen LogP contribution in [0.25, 0.3) is 0 Å². The predicted octanol–water partition coefficient (Wildman–Crippen LogP) is -1.59. The number of carbonyl (C=O) groups is 6. The Labute approximate surface area is 184 Å². The van der Waals surface area contributed by atoms with E-state index in [4.69, 9.17) is 24.7 Å². The molecule has 1 aliphatic heterocycles. The second-order valence-electron chi connectivity index (χ2n) is 7.16. The van der Waals surface area contributed by atoms with Gasteiger partial charge in [0.1, 0.15) is 18.8 Å². The van der Waals surface area contributed by atoms with Gasteiger partial charge < -0.3 is 35.3 Å². The topological polar surface area (TPSA) is 189 Å². The smallest absolute Gasteiger partial charge is 0.303 e. The van der Waals surface area contributed by atoms with Crippen molar-refractivity contribution in [2.45, 2.75) is 77.5 Å². The molecule has 1 heterocycles. The Kier molecular flexibility index (Phi) is 10.5. The third-order valence-corrected chi connectivity index (χ3v) is 4.25. The molecule has 0 spiro atoms. The van der Waals surface area contributed by atoms with Crippen LogP contribution in [0.5, 0.6) is 0 Å². The summed E-state index contributed by atoms with van der Waals surface area (Å²) < 4.78 is 21.3. The Balaban J connectivity index is 3.21. The minimum Gasteiger partial charge on any atom is -0.463 e. The number of amides is 3. The van der Waals surface area contributed by atoms with Gasteiger partial charge in [-0.15, -0.1) is 0 Å². The zero-order valence-corrected chi connectivity index (χ0v) is 18.4. The summed E-state index contributed by atoms with van der Waals surface area (Å²) in [6, 6.07) is -1.14. The van der Waals surface area contributed by atoms with E-state index in [9.17, 15) is 28.8 Å². The van der Waals surface area contributed by atoms with Gasteiger partial charge in [0.05, 0.1) is 0 Å². The van der Waals surface area contributed by atoms with Crippen LogP contribution in [0.4, 0.5) is 0 Å². The molecule has 1 rings (SSSR count). The summed E-state index contributed by atoms with van der Waals surface area (Å²) in [6.45, 7) is 4.21. The SMILES string of the molecule is CC(=O)NC1C(NC(=O)CCCC(N)=O)OC(COC(C)=O)C(OC(C)=O)C1OC(C)=O. The maximum Gasteiger partial charge on any atom is 0.303 e. The fourth-order valence-electron chi connectivity index (χ4n) is 3.11. The Hall–Kier alpha value is -3.22. The highest BCUT2D eigenvalue weighted by Gasteiger charge is 2.51. The second kappa shape index (κ2) is 12.6. The Morgan fingerprint density at radius 2 is 1.44 bits per heavy atom. The van der Waals surface area contributed by atoms with Gasteiger partial charge in [-0.25, -0.2) is 0 Å². The van der Waals surface area contributed by atoms with Crippen LogP contribution in [0.2, 0.25) is 0 Å². The molecule has 1 fully saturated rings. The lowest BCUT2D eigenvalue weighted by molar-refractivity contribution is -0.228. The maximum absolute atomic E-state index is 12.4. The maximum atomic E-state index is 12.4. The van der Waals surface area contributed by atoms with E-state index in [-0.39, 0.29) is 25.9 Å². The minimum atomic E-state index is -1.27. The molecule has 0 aromatic carbocycles. The van der Waals surface area contributed by atoms with E-state index in [1.54, 1.807) is 0 Å². The van der Waals surface area contributed by atoms with Crippen LogP contribution in [0.3, 0.4) is 0 Å². The van der Waals surface area contributed by atoms with Gasteiger partial charge in [-0.2, -0.15) is 0 Å². The third-order valence-electron chi connectivity index (χ3n) is 4.25. The number of hydrogen-bond acceptors (Lipinski definition) is 10. The Morgan fingerprint density at radius 1 is 0.844 bits per heavy atom. The lowest BCUT2D eigenvalue weighted by Gasteiger charge is -2.45. The summed E-state index contributed by atoms with van der Waals surface area (Å²) in [7, 11) is 0. The molecule has 0 radical (unpaired) electrons. The first kappa shape index (κ1) is 26.8. The zero-order valence-electron chi connectivity index (χ0n) is 18.4. The second-order valence-corrected chi connectivity index (χ2v) is 7.16. The summed E-state index contributed by atoms with van der Waals surface area (Å²) in [5.74, 6) is -3.77. The van der Waals surface area contributed by atoms with Gasteiger partial charge in [0.15, 0.2) is 18.4 Å². The van der Waals surface area contributed by atoms with Crippen molar-refractivity contribution in [1.29, 1.82) is 0 Å². The van der Waals surface area contributed by atoms with Crippen LogP contribution in [0, 0.1) is 0 Å². The van der Waals surface area contributed by atoms with Gasteiger partial charge >= 0.3 is 17.9 Å². The molecule has 3 amide bonds. The van der Waals surface area contributed by atoms with Crippen LogP contribution >= 0.6 is 0 Å². The average molecular weight is 459 g/mol. The molecule has 0 saturated carbocycles. The van der Waals surface area contributed by atoms with Crippen LogP contribution in [-0.4, -0.2) is 72.8 Å². The van der Waals surface area contributed by atoms with Crippen molar-refractivity contribution >= 4 is 35.6 Å². The highest BCUT2D eigenvalue weighted by molar-refractivity contribution is 5.78. The quantitative estimate of drug-likeness (QED) is 0.254. The monoisotopic (exact) mass is 459 g/mol. The predicted molar refractivity (Wildman–Crippen MR) is 105 cm³/mol. The van der Waals surface area contributed by atoms with E-state index < -0.39 is 66.2 Å². The summed E-state index contributed by atoms with van der Waals surface area (Å²) in [6.07, 6.45) is -4.80. The lowest BCUT2D eigenvalue weighted by Crippen LogP contribution is -2.69. The number of carbonyl (C=O) groups excluding carboxylic acids is 6. The molecule has 0 aromatic rings. The Bertz CT molecular complexity index is 741. The first-order valence-corrected chi connectivity index (χ1v) is 9.88. The number of hydrogen-bond donors (Lipinski definition) is 3. The molecule has 1 saturated heterocycles. The van der Waals surface area contributed by atoms with Crippen LogP contribution in [0.1, 0.15) is 47.0 Å². The molecular weight excluding hydrogens is 430 g/mol. The molecule has 5 unspecified atom stereocenters. The van der Waals surface area contributed by atoms with Crippen molar-refractivity contribution in [3.8, 4) is 0 Å². The molecule has 13 heteroatoms. The van der Waals surface area contributed by atoms with Crippen LogP contribution in [-0.2, 0) is 47.7 Å². The molecule has 5 atom stereocenters. The average Bonchev–Trinajstić information content (AvgIpc) is 2.63. The number of ether oxygens (including phenoxy) is 4. The summed E-state index contributed by atoms with van der Waals surface area (Å²) in [5.41, 5.74) is 5.06. The fourth-order valence-corrected chi connectivity index (χ4v) is 3.11. The van der Waals surface area contributed by atoms with Gasteiger partial charge in [-0.3, -0.25) is 28.8 Å². The summed E-state index contributed by atoms with van der Waals surface area (Å²) >= 11 is 0. The van der Waals surface area contributed by atoms with Crippen molar-refractivity contribution < 1.29 is 47.7 Å². The largest absolute Gasteiger partial charge is 0.463 e. The van der Waals surface area contributed by atoms with Crippen LogP contribution in [0.15, 0.2) is 0 Å². The third kappa shape index (κ3) is 9.29. The highest BCUT2D eigenvalue weighted by Crippen LogP contribution is 2.26. The van der Waals surface area contributed by atoms with Crippen molar-refractivity contribution in [3.63, 3.8) is 0 Å². The Morgan fingerprint density at radius 3 is 1.94 bits per heavy atom. The van der Waals surface area contributed by atoms with Crippen molar-refractivity contribution in [1.82, 2.24) is 10.6 Å². The number of rotatable bonds is 10. The molecule has 32 heavy (non-hydrogen) atoms. The van der Waals surface area contributed by atoms with E-state index in [1.807, 2.05) is 0 Å².